The summed E-state index contributed by atoms with van der Waals surface area (Å²) in [5.41, 5.74) is 0. The van der Waals surface area contributed by atoms with Crippen molar-refractivity contribution >= 4 is 11.9 Å². The van der Waals surface area contributed by atoms with Crippen LogP contribution in [0, 0.1) is 0 Å². The molecule has 0 aromatic carbocycles. The number of hydrogen-bond acceptors (Lipinski definition) is 6. The smallest absolute Gasteiger partial charge is 0.388 e. The molecule has 0 aliphatic rings. The SMILES string of the molecule is OCc1nc(NCC(F)(F)F)nc(NCC(F)(F)F)n1. The lowest BCUT2D eigenvalue weighted by Crippen LogP contribution is -2.25. The van der Waals surface area contributed by atoms with E-state index in [9.17, 15) is 26.3 Å². The van der Waals surface area contributed by atoms with Gasteiger partial charge in [0.1, 0.15) is 19.7 Å². The van der Waals surface area contributed by atoms with Crippen LogP contribution < -0.4 is 10.6 Å². The summed E-state index contributed by atoms with van der Waals surface area (Å²) < 4.78 is 71.9. The summed E-state index contributed by atoms with van der Waals surface area (Å²) in [7, 11) is 0. The first kappa shape index (κ1) is 16.2. The molecule has 0 saturated carbocycles. The fraction of sp³-hybridized carbons (Fsp3) is 0.625. The van der Waals surface area contributed by atoms with Gasteiger partial charge in [-0.25, -0.2) is 0 Å². The van der Waals surface area contributed by atoms with Crippen LogP contribution >= 0.6 is 0 Å². The Hall–Kier alpha value is -1.85. The molecule has 0 aliphatic carbocycles. The van der Waals surface area contributed by atoms with E-state index in [1.807, 2.05) is 0 Å². The maximum Gasteiger partial charge on any atom is 0.405 e. The van der Waals surface area contributed by atoms with Crippen LogP contribution in [0.1, 0.15) is 5.82 Å². The molecule has 0 unspecified atom stereocenters. The van der Waals surface area contributed by atoms with E-state index in [0.717, 1.165) is 0 Å². The Morgan fingerprint density at radius 1 is 0.800 bits per heavy atom. The third-order valence-corrected chi connectivity index (χ3v) is 1.72. The Morgan fingerprint density at radius 3 is 1.50 bits per heavy atom. The van der Waals surface area contributed by atoms with Crippen molar-refractivity contribution in [2.45, 2.75) is 19.0 Å². The van der Waals surface area contributed by atoms with E-state index in [1.165, 1.54) is 0 Å². The quantitative estimate of drug-likeness (QED) is 0.712. The minimum atomic E-state index is -4.55. The molecule has 0 fully saturated rings. The number of rotatable bonds is 5. The summed E-state index contributed by atoms with van der Waals surface area (Å²) >= 11 is 0. The van der Waals surface area contributed by atoms with Gasteiger partial charge in [-0.05, 0) is 0 Å². The first-order chi connectivity index (χ1) is 9.09. The third-order valence-electron chi connectivity index (χ3n) is 1.72. The normalized spacial score (nSPS) is 12.3. The van der Waals surface area contributed by atoms with Crippen molar-refractivity contribution < 1.29 is 31.4 Å². The van der Waals surface area contributed by atoms with Crippen molar-refractivity contribution in [3.8, 4) is 0 Å². The monoisotopic (exact) mass is 305 g/mol. The molecule has 0 amide bonds. The van der Waals surface area contributed by atoms with Gasteiger partial charge in [0, 0.05) is 0 Å². The highest BCUT2D eigenvalue weighted by atomic mass is 19.4. The number of nitrogens with zero attached hydrogens (tertiary/aromatic N) is 3. The molecular formula is C8H9F6N5O. The summed E-state index contributed by atoms with van der Waals surface area (Å²) in [5, 5.41) is 12.3. The fourth-order valence-corrected chi connectivity index (χ4v) is 1.01. The highest BCUT2D eigenvalue weighted by molar-refractivity contribution is 5.34. The van der Waals surface area contributed by atoms with Gasteiger partial charge in [0.15, 0.2) is 5.82 Å². The predicted octanol–water partition coefficient (Wildman–Crippen LogP) is 1.31. The van der Waals surface area contributed by atoms with E-state index in [-0.39, 0.29) is 5.82 Å². The van der Waals surface area contributed by atoms with Crippen LogP contribution in [-0.4, -0.2) is 45.5 Å². The summed E-state index contributed by atoms with van der Waals surface area (Å²) in [6.07, 6.45) is -9.10. The Morgan fingerprint density at radius 2 is 1.20 bits per heavy atom. The van der Waals surface area contributed by atoms with E-state index >= 15 is 0 Å². The van der Waals surface area contributed by atoms with E-state index in [2.05, 4.69) is 15.0 Å². The zero-order chi connectivity index (χ0) is 15.4. The van der Waals surface area contributed by atoms with Gasteiger partial charge in [0.25, 0.3) is 0 Å². The van der Waals surface area contributed by atoms with Crippen LogP contribution in [0.4, 0.5) is 38.2 Å². The highest BCUT2D eigenvalue weighted by Crippen LogP contribution is 2.17. The van der Waals surface area contributed by atoms with Gasteiger partial charge in [0.2, 0.25) is 11.9 Å². The molecule has 0 radical (unpaired) electrons. The number of nitrogens with one attached hydrogen (secondary N) is 2. The topological polar surface area (TPSA) is 83.0 Å². The number of alkyl halides is 6. The Bertz CT molecular complexity index is 412. The molecule has 1 aromatic heterocycles. The van der Waals surface area contributed by atoms with Gasteiger partial charge < -0.3 is 15.7 Å². The number of aromatic nitrogens is 3. The first-order valence-electron chi connectivity index (χ1n) is 5.06. The van der Waals surface area contributed by atoms with Gasteiger partial charge in [-0.1, -0.05) is 0 Å². The zero-order valence-electron chi connectivity index (χ0n) is 9.68. The Labute approximate surface area is 108 Å². The molecule has 114 valence electrons. The molecule has 12 heteroatoms. The molecule has 20 heavy (non-hydrogen) atoms. The van der Waals surface area contributed by atoms with Crippen molar-refractivity contribution in [3.63, 3.8) is 0 Å². The van der Waals surface area contributed by atoms with Gasteiger partial charge in [-0.15, -0.1) is 0 Å². The summed E-state index contributed by atoms with van der Waals surface area (Å²) in [5.74, 6) is -1.55. The second-order valence-corrected chi connectivity index (χ2v) is 3.49. The molecule has 6 nitrogen and oxygen atoms in total. The van der Waals surface area contributed by atoms with Crippen LogP contribution in [0.25, 0.3) is 0 Å². The number of aliphatic hydroxyl groups is 1. The van der Waals surface area contributed by atoms with Crippen molar-refractivity contribution in [2.24, 2.45) is 0 Å². The summed E-state index contributed by atoms with van der Waals surface area (Å²) in [4.78, 5) is 10.1. The summed E-state index contributed by atoms with van der Waals surface area (Å²) in [6, 6.07) is 0. The van der Waals surface area contributed by atoms with Crippen LogP contribution in [0.2, 0.25) is 0 Å². The number of halogens is 6. The molecular weight excluding hydrogens is 296 g/mol. The van der Waals surface area contributed by atoms with E-state index in [1.54, 1.807) is 10.6 Å². The van der Waals surface area contributed by atoms with Gasteiger partial charge in [0.05, 0.1) is 0 Å². The largest absolute Gasteiger partial charge is 0.405 e. The second-order valence-electron chi connectivity index (χ2n) is 3.49. The molecule has 1 rings (SSSR count). The van der Waals surface area contributed by atoms with Gasteiger partial charge in [-0.2, -0.15) is 41.3 Å². The summed E-state index contributed by atoms with van der Waals surface area (Å²) in [6.45, 7) is -3.70. The van der Waals surface area contributed by atoms with Crippen LogP contribution in [0.3, 0.4) is 0 Å². The minimum absolute atomic E-state index is 0.366. The molecule has 3 N–H and O–H groups in total. The van der Waals surface area contributed by atoms with E-state index < -0.39 is 43.9 Å². The van der Waals surface area contributed by atoms with Crippen molar-refractivity contribution in [2.75, 3.05) is 23.7 Å². The van der Waals surface area contributed by atoms with Crippen molar-refractivity contribution in [1.82, 2.24) is 15.0 Å². The maximum absolute atomic E-state index is 12.0. The van der Waals surface area contributed by atoms with Crippen molar-refractivity contribution in [1.29, 1.82) is 0 Å². The highest BCUT2D eigenvalue weighted by Gasteiger charge is 2.28. The molecule has 0 saturated heterocycles. The number of hydrogen-bond donors (Lipinski definition) is 3. The van der Waals surface area contributed by atoms with Gasteiger partial charge >= 0.3 is 12.4 Å². The lowest BCUT2D eigenvalue weighted by atomic mass is 10.6. The Kier molecular flexibility index (Phi) is 4.92. The van der Waals surface area contributed by atoms with Crippen LogP contribution in [-0.2, 0) is 6.61 Å². The minimum Gasteiger partial charge on any atom is -0.388 e. The first-order valence-corrected chi connectivity index (χ1v) is 5.06. The fourth-order valence-electron chi connectivity index (χ4n) is 1.01. The number of anilines is 2. The zero-order valence-corrected chi connectivity index (χ0v) is 9.68. The second kappa shape index (κ2) is 6.07. The molecule has 0 bridgehead atoms. The lowest BCUT2D eigenvalue weighted by molar-refractivity contribution is -0.115. The maximum atomic E-state index is 12.0. The standard InChI is InChI=1S/C8H9F6N5O/c9-7(10,11)2-15-5-17-4(1-20)18-6(19-5)16-3-8(12,13)14/h20H,1-3H2,(H2,15,16,17,18,19). The third kappa shape index (κ3) is 6.36. The predicted molar refractivity (Wildman–Crippen MR) is 54.8 cm³/mol. The lowest BCUT2D eigenvalue weighted by Gasteiger charge is -2.11. The van der Waals surface area contributed by atoms with Crippen molar-refractivity contribution in [3.05, 3.63) is 5.82 Å². The van der Waals surface area contributed by atoms with Gasteiger partial charge in [-0.3, -0.25) is 0 Å². The Balaban J connectivity index is 2.80. The van der Waals surface area contributed by atoms with E-state index in [0.29, 0.717) is 0 Å². The van der Waals surface area contributed by atoms with E-state index in [4.69, 9.17) is 5.11 Å². The molecule has 1 heterocycles. The molecule has 0 atom stereocenters. The molecule has 0 spiro atoms. The van der Waals surface area contributed by atoms with Crippen LogP contribution in [0.5, 0.6) is 0 Å². The number of aliphatic hydroxyl groups excluding tert-OH is 1. The average Bonchev–Trinajstić information content (AvgIpc) is 2.32. The molecule has 0 aliphatic heterocycles. The molecule has 1 aromatic rings. The average molecular weight is 305 g/mol. The van der Waals surface area contributed by atoms with Crippen LogP contribution in [0.15, 0.2) is 0 Å².